The van der Waals surface area contributed by atoms with Gasteiger partial charge in [-0.15, -0.1) is 0 Å². The first kappa shape index (κ1) is 9.42. The van der Waals surface area contributed by atoms with Crippen molar-refractivity contribution in [2.24, 2.45) is 0 Å². The Morgan fingerprint density at radius 3 is 2.69 bits per heavy atom. The molecule has 2 aromatic carbocycles. The van der Waals surface area contributed by atoms with Crippen LogP contribution in [0.15, 0.2) is 33.5 Å². The van der Waals surface area contributed by atoms with Gasteiger partial charge in [0.25, 0.3) is 0 Å². The fourth-order valence-corrected chi connectivity index (χ4v) is 2.69. The SMILES string of the molecule is Cc1c(O)c2ccccc2c2oc(=O)sc12. The molecule has 0 radical (unpaired) electrons. The van der Waals surface area contributed by atoms with E-state index >= 15 is 0 Å². The molecule has 3 nitrogen and oxygen atoms in total. The maximum atomic E-state index is 11.3. The second-order valence-corrected chi connectivity index (χ2v) is 4.58. The van der Waals surface area contributed by atoms with Gasteiger partial charge in [0.2, 0.25) is 0 Å². The first-order chi connectivity index (χ1) is 7.68. The van der Waals surface area contributed by atoms with E-state index in [4.69, 9.17) is 4.42 Å². The summed E-state index contributed by atoms with van der Waals surface area (Å²) in [6.45, 7) is 1.79. The lowest BCUT2D eigenvalue weighted by molar-refractivity contribution is 0.478. The number of aryl methyl sites for hydroxylation is 1. The minimum absolute atomic E-state index is 0.222. The summed E-state index contributed by atoms with van der Waals surface area (Å²) in [7, 11) is 0. The molecule has 0 spiro atoms. The van der Waals surface area contributed by atoms with Crippen LogP contribution in [0.4, 0.5) is 0 Å². The van der Waals surface area contributed by atoms with Gasteiger partial charge in [-0.3, -0.25) is 0 Å². The van der Waals surface area contributed by atoms with Crippen LogP contribution in [0, 0.1) is 6.92 Å². The van der Waals surface area contributed by atoms with Crippen molar-refractivity contribution in [1.82, 2.24) is 0 Å². The van der Waals surface area contributed by atoms with Crippen molar-refractivity contribution >= 4 is 32.4 Å². The number of hydrogen-bond acceptors (Lipinski definition) is 4. The number of benzene rings is 2. The molecule has 1 N–H and O–H groups in total. The van der Waals surface area contributed by atoms with Crippen molar-refractivity contribution in [3.05, 3.63) is 39.6 Å². The zero-order valence-electron chi connectivity index (χ0n) is 8.48. The average Bonchev–Trinajstić information content (AvgIpc) is 2.68. The van der Waals surface area contributed by atoms with Crippen molar-refractivity contribution in [3.8, 4) is 5.75 Å². The third-order valence-electron chi connectivity index (χ3n) is 2.70. The zero-order chi connectivity index (χ0) is 11.3. The normalized spacial score (nSPS) is 11.3. The molecule has 0 amide bonds. The van der Waals surface area contributed by atoms with E-state index in [0.717, 1.165) is 21.4 Å². The minimum atomic E-state index is -0.339. The van der Waals surface area contributed by atoms with Gasteiger partial charge < -0.3 is 9.52 Å². The van der Waals surface area contributed by atoms with Crippen LogP contribution >= 0.6 is 11.3 Å². The molecule has 0 saturated carbocycles. The Balaban J connectivity index is 2.73. The Morgan fingerprint density at radius 1 is 1.25 bits per heavy atom. The summed E-state index contributed by atoms with van der Waals surface area (Å²) in [5.74, 6) is 0.222. The molecule has 3 rings (SSSR count). The molecule has 0 unspecified atom stereocenters. The summed E-state index contributed by atoms with van der Waals surface area (Å²) in [5, 5.41) is 11.5. The van der Waals surface area contributed by atoms with Crippen molar-refractivity contribution < 1.29 is 9.52 Å². The number of rotatable bonds is 0. The van der Waals surface area contributed by atoms with Crippen LogP contribution in [0.3, 0.4) is 0 Å². The lowest BCUT2D eigenvalue weighted by atomic mass is 10.1. The van der Waals surface area contributed by atoms with Gasteiger partial charge in [-0.25, -0.2) is 4.79 Å². The Kier molecular flexibility index (Phi) is 1.82. The molecule has 0 aliphatic rings. The largest absolute Gasteiger partial charge is 0.507 e. The lowest BCUT2D eigenvalue weighted by Gasteiger charge is -2.04. The first-order valence-electron chi connectivity index (χ1n) is 4.82. The second-order valence-electron chi connectivity index (χ2n) is 3.63. The van der Waals surface area contributed by atoms with Gasteiger partial charge in [-0.2, -0.15) is 0 Å². The van der Waals surface area contributed by atoms with Gasteiger partial charge in [0.15, 0.2) is 5.58 Å². The van der Waals surface area contributed by atoms with E-state index < -0.39 is 0 Å². The van der Waals surface area contributed by atoms with Crippen LogP contribution in [0.5, 0.6) is 5.75 Å². The van der Waals surface area contributed by atoms with E-state index in [2.05, 4.69) is 0 Å². The Bertz CT molecular complexity index is 752. The fourth-order valence-electron chi connectivity index (χ4n) is 1.90. The highest BCUT2D eigenvalue weighted by Crippen LogP contribution is 2.37. The third-order valence-corrected chi connectivity index (χ3v) is 3.65. The summed E-state index contributed by atoms with van der Waals surface area (Å²) >= 11 is 1.03. The lowest BCUT2D eigenvalue weighted by Crippen LogP contribution is -1.81. The van der Waals surface area contributed by atoms with Crippen LogP contribution in [-0.2, 0) is 0 Å². The highest BCUT2D eigenvalue weighted by Gasteiger charge is 2.14. The molecule has 16 heavy (non-hydrogen) atoms. The van der Waals surface area contributed by atoms with Crippen molar-refractivity contribution in [2.45, 2.75) is 6.92 Å². The Hall–Kier alpha value is -1.81. The van der Waals surface area contributed by atoms with E-state index in [0.29, 0.717) is 16.5 Å². The van der Waals surface area contributed by atoms with Crippen LogP contribution < -0.4 is 4.94 Å². The average molecular weight is 232 g/mol. The van der Waals surface area contributed by atoms with E-state index in [9.17, 15) is 9.90 Å². The van der Waals surface area contributed by atoms with Crippen LogP contribution in [0.2, 0.25) is 0 Å². The summed E-state index contributed by atoms with van der Waals surface area (Å²) in [6.07, 6.45) is 0. The minimum Gasteiger partial charge on any atom is -0.507 e. The molecule has 0 aliphatic heterocycles. The van der Waals surface area contributed by atoms with Crippen molar-refractivity contribution in [1.29, 1.82) is 0 Å². The maximum Gasteiger partial charge on any atom is 0.396 e. The molecule has 0 aliphatic carbocycles. The number of hydrogen-bond donors (Lipinski definition) is 1. The molecule has 0 atom stereocenters. The number of phenols is 1. The van der Waals surface area contributed by atoms with Gasteiger partial charge in [-0.1, -0.05) is 35.6 Å². The van der Waals surface area contributed by atoms with Crippen LogP contribution in [-0.4, -0.2) is 5.11 Å². The summed E-state index contributed by atoms with van der Waals surface area (Å²) in [4.78, 5) is 10.9. The molecular formula is C12H8O3S. The molecule has 80 valence electrons. The quantitative estimate of drug-likeness (QED) is 0.648. The zero-order valence-corrected chi connectivity index (χ0v) is 9.30. The van der Waals surface area contributed by atoms with E-state index in [1.807, 2.05) is 24.3 Å². The Labute approximate surface area is 94.6 Å². The molecule has 3 aromatic rings. The monoisotopic (exact) mass is 232 g/mol. The highest BCUT2D eigenvalue weighted by atomic mass is 32.1. The maximum absolute atomic E-state index is 11.3. The van der Waals surface area contributed by atoms with E-state index in [1.165, 1.54) is 0 Å². The molecule has 0 fully saturated rings. The van der Waals surface area contributed by atoms with E-state index in [1.54, 1.807) is 6.92 Å². The second kappa shape index (κ2) is 3.09. The fraction of sp³-hybridized carbons (Fsp3) is 0.0833. The number of phenolic OH excluding ortho intramolecular Hbond substituents is 1. The van der Waals surface area contributed by atoms with Gasteiger partial charge in [0, 0.05) is 16.3 Å². The first-order valence-corrected chi connectivity index (χ1v) is 5.64. The third kappa shape index (κ3) is 1.10. The Morgan fingerprint density at radius 2 is 1.94 bits per heavy atom. The van der Waals surface area contributed by atoms with Crippen molar-refractivity contribution in [3.63, 3.8) is 0 Å². The molecule has 0 saturated heterocycles. The molecule has 1 aromatic heterocycles. The smallest absolute Gasteiger partial charge is 0.396 e. The van der Waals surface area contributed by atoms with Gasteiger partial charge in [0.1, 0.15) is 5.75 Å². The number of aromatic hydroxyl groups is 1. The molecule has 4 heteroatoms. The van der Waals surface area contributed by atoms with Crippen LogP contribution in [0.25, 0.3) is 21.1 Å². The molecule has 1 heterocycles. The van der Waals surface area contributed by atoms with Gasteiger partial charge >= 0.3 is 4.94 Å². The molecule has 0 bridgehead atoms. The standard InChI is InChI=1S/C12H8O3S/c1-6-9(13)7-4-2-3-5-8(7)10-11(6)16-12(14)15-10/h2-5,13H,1H3. The van der Waals surface area contributed by atoms with Gasteiger partial charge in [-0.05, 0) is 6.92 Å². The summed E-state index contributed by atoms with van der Waals surface area (Å²) in [5.41, 5.74) is 1.27. The van der Waals surface area contributed by atoms with Crippen molar-refractivity contribution in [2.75, 3.05) is 0 Å². The topological polar surface area (TPSA) is 50.4 Å². The van der Waals surface area contributed by atoms with Crippen LogP contribution in [0.1, 0.15) is 5.56 Å². The molecular weight excluding hydrogens is 224 g/mol. The highest BCUT2D eigenvalue weighted by molar-refractivity contribution is 7.16. The number of fused-ring (bicyclic) bond motifs is 3. The predicted octanol–water partition coefficient (Wildman–Crippen LogP) is 3.02. The summed E-state index contributed by atoms with van der Waals surface area (Å²) in [6, 6.07) is 7.35. The van der Waals surface area contributed by atoms with Gasteiger partial charge in [0.05, 0.1) is 4.70 Å². The predicted molar refractivity (Wildman–Crippen MR) is 64.3 cm³/mol. The summed E-state index contributed by atoms with van der Waals surface area (Å²) < 4.78 is 5.89. The van der Waals surface area contributed by atoms with E-state index in [-0.39, 0.29) is 10.7 Å².